The Morgan fingerprint density at radius 2 is 1.75 bits per heavy atom. The van der Waals surface area contributed by atoms with Gasteiger partial charge in [-0.25, -0.2) is 0 Å². The van der Waals surface area contributed by atoms with Gasteiger partial charge in [0.15, 0.2) is 0 Å². The van der Waals surface area contributed by atoms with Crippen molar-refractivity contribution in [3.63, 3.8) is 0 Å². The molecule has 0 spiro atoms. The third-order valence-corrected chi connectivity index (χ3v) is 7.03. The molecular formula is C22H37N10+. The van der Waals surface area contributed by atoms with E-state index < -0.39 is 0 Å². The first-order valence-corrected chi connectivity index (χ1v) is 11.8. The molecule has 174 valence electrons. The average Bonchev–Trinajstić information content (AvgIpc) is 2.78. The summed E-state index contributed by atoms with van der Waals surface area (Å²) in [5, 5.41) is 15.5. The van der Waals surface area contributed by atoms with Crippen LogP contribution in [0.25, 0.3) is 0 Å². The number of nitrogens with zero attached hydrogens (tertiary/aromatic N) is 7. The molecule has 3 aliphatic heterocycles. The zero-order valence-corrected chi connectivity index (χ0v) is 19.3. The fourth-order valence-corrected chi connectivity index (χ4v) is 5.33. The van der Waals surface area contributed by atoms with E-state index in [9.17, 15) is 5.26 Å². The van der Waals surface area contributed by atoms with E-state index in [4.69, 9.17) is 31.8 Å². The number of hydrogen-bond donors (Lipinski definition) is 3. The van der Waals surface area contributed by atoms with Crippen molar-refractivity contribution < 1.29 is 5.41 Å². The molecule has 0 bridgehead atoms. The fraction of sp³-hybridized carbons (Fsp3) is 0.773. The Bertz CT molecular complexity index is 869. The van der Waals surface area contributed by atoms with Crippen molar-refractivity contribution in [2.24, 2.45) is 22.8 Å². The smallest absolute Gasteiger partial charge is 0.232 e. The molecule has 32 heavy (non-hydrogen) atoms. The summed E-state index contributed by atoms with van der Waals surface area (Å²) < 4.78 is 0. The minimum atomic E-state index is -0.206. The molecule has 0 aromatic carbocycles. The van der Waals surface area contributed by atoms with Gasteiger partial charge in [0.05, 0.1) is 17.4 Å². The monoisotopic (exact) mass is 441 g/mol. The molecule has 3 aliphatic rings. The van der Waals surface area contributed by atoms with Crippen LogP contribution in [0.1, 0.15) is 46.0 Å². The Kier molecular flexibility index (Phi) is 6.49. The van der Waals surface area contributed by atoms with Crippen molar-refractivity contribution in [2.75, 3.05) is 47.4 Å². The van der Waals surface area contributed by atoms with Crippen molar-refractivity contribution in [1.29, 1.82) is 5.26 Å². The highest BCUT2D eigenvalue weighted by Crippen LogP contribution is 2.31. The van der Waals surface area contributed by atoms with Crippen LogP contribution in [0.15, 0.2) is 0 Å². The van der Waals surface area contributed by atoms with Crippen molar-refractivity contribution in [2.45, 2.75) is 64.1 Å². The molecule has 4 rings (SSSR count). The number of hydrogen-bond acceptors (Lipinski definition) is 9. The second kappa shape index (κ2) is 9.16. The van der Waals surface area contributed by atoms with Gasteiger partial charge in [0.25, 0.3) is 0 Å². The maximum atomic E-state index is 9.51. The maximum Gasteiger partial charge on any atom is 0.232 e. The Balaban J connectivity index is 1.72. The Labute approximate surface area is 190 Å². The third-order valence-electron chi connectivity index (χ3n) is 7.03. The third kappa shape index (κ3) is 4.79. The van der Waals surface area contributed by atoms with Crippen LogP contribution in [0.5, 0.6) is 0 Å². The van der Waals surface area contributed by atoms with Crippen LogP contribution in [0.3, 0.4) is 0 Å². The highest BCUT2D eigenvalue weighted by molar-refractivity contribution is 5.61. The standard InChI is InChI=1S/C22H36N10/c1-15-5-3-4-6-32(15)21-28-19(30-10-16(9-23)7-17(25)11-30)27-20(29-21)31-12-18(26)8-22(2,13-24)14-31/h13,15-18,24H,3-8,10-12,14,25-26H2,1-2H3/p+1/t15?,16-,17-,18-,22-/m1/s1. The molecule has 0 saturated carbocycles. The molecule has 4 heterocycles. The second-order valence-electron chi connectivity index (χ2n) is 10.2. The van der Waals surface area contributed by atoms with E-state index in [1.807, 2.05) is 4.90 Å². The average molecular weight is 442 g/mol. The van der Waals surface area contributed by atoms with Crippen LogP contribution in [0.2, 0.25) is 0 Å². The lowest BCUT2D eigenvalue weighted by molar-refractivity contribution is -0.116. The van der Waals surface area contributed by atoms with Crippen LogP contribution in [-0.4, -0.2) is 72.0 Å². The Morgan fingerprint density at radius 1 is 1.06 bits per heavy atom. The summed E-state index contributed by atoms with van der Waals surface area (Å²) in [5.41, 5.74) is 12.4. The molecule has 0 radical (unpaired) electrons. The van der Waals surface area contributed by atoms with Gasteiger partial charge in [-0.05, 0) is 46.0 Å². The normalized spacial score (nSPS) is 33.7. The lowest BCUT2D eigenvalue weighted by atomic mass is 9.81. The minimum Gasteiger partial charge on any atom is -0.338 e. The predicted molar refractivity (Wildman–Crippen MR) is 125 cm³/mol. The van der Waals surface area contributed by atoms with Crippen LogP contribution in [0.4, 0.5) is 17.8 Å². The van der Waals surface area contributed by atoms with Gasteiger partial charge in [-0.2, -0.15) is 20.2 Å². The summed E-state index contributed by atoms with van der Waals surface area (Å²) in [6.07, 6.45) is 6.75. The second-order valence-corrected chi connectivity index (χ2v) is 10.2. The summed E-state index contributed by atoms with van der Waals surface area (Å²) in [4.78, 5) is 21.1. The highest BCUT2D eigenvalue weighted by Gasteiger charge is 2.37. The summed E-state index contributed by atoms with van der Waals surface area (Å²) in [5.74, 6) is 1.78. The van der Waals surface area contributed by atoms with Crippen molar-refractivity contribution in [1.82, 2.24) is 15.0 Å². The fourth-order valence-electron chi connectivity index (χ4n) is 5.33. The van der Waals surface area contributed by atoms with Crippen molar-refractivity contribution >= 4 is 24.1 Å². The number of nitrogens with two attached hydrogens (primary N) is 3. The number of anilines is 3. The Hall–Kier alpha value is -2.51. The molecular weight excluding hydrogens is 404 g/mol. The largest absolute Gasteiger partial charge is 0.338 e. The molecule has 10 heteroatoms. The van der Waals surface area contributed by atoms with Gasteiger partial charge < -0.3 is 26.2 Å². The predicted octanol–water partition coefficient (Wildman–Crippen LogP) is -0.699. The van der Waals surface area contributed by atoms with E-state index in [2.05, 4.69) is 29.7 Å². The van der Waals surface area contributed by atoms with Crippen molar-refractivity contribution in [3.8, 4) is 6.07 Å². The van der Waals surface area contributed by atoms with Gasteiger partial charge in [0.2, 0.25) is 17.8 Å². The lowest BCUT2D eigenvalue weighted by Crippen LogP contribution is -2.56. The summed E-state index contributed by atoms with van der Waals surface area (Å²) >= 11 is 0. The van der Waals surface area contributed by atoms with E-state index in [1.165, 1.54) is 6.42 Å². The van der Waals surface area contributed by atoms with Gasteiger partial charge in [0.1, 0.15) is 6.21 Å². The van der Waals surface area contributed by atoms with Crippen molar-refractivity contribution in [3.05, 3.63) is 0 Å². The number of piperidine rings is 3. The van der Waals surface area contributed by atoms with Gasteiger partial charge in [-0.15, -0.1) is 0 Å². The first-order chi connectivity index (χ1) is 15.3. The molecule has 1 unspecified atom stereocenters. The summed E-state index contributed by atoms with van der Waals surface area (Å²) in [6, 6.07) is 2.65. The van der Waals surface area contributed by atoms with Crippen LogP contribution < -0.4 is 31.6 Å². The molecule has 10 nitrogen and oxygen atoms in total. The van der Waals surface area contributed by atoms with Gasteiger partial charge in [0, 0.05) is 50.8 Å². The lowest BCUT2D eigenvalue weighted by Gasteiger charge is -2.41. The maximum absolute atomic E-state index is 9.51. The quantitative estimate of drug-likeness (QED) is 0.515. The van der Waals surface area contributed by atoms with Crippen LogP contribution >= 0.6 is 0 Å². The molecule has 1 aromatic heterocycles. The Morgan fingerprint density at radius 3 is 2.44 bits per heavy atom. The van der Waals surface area contributed by atoms with E-state index in [0.717, 1.165) is 25.8 Å². The molecule has 3 fully saturated rings. The molecule has 1 aromatic rings. The summed E-state index contributed by atoms with van der Waals surface area (Å²) in [7, 11) is 0. The molecule has 6 N–H and O–H groups in total. The zero-order chi connectivity index (χ0) is 22.9. The first kappa shape index (κ1) is 22.7. The van der Waals surface area contributed by atoms with E-state index >= 15 is 0 Å². The molecule has 3 saturated heterocycles. The molecule has 0 amide bonds. The highest BCUT2D eigenvalue weighted by atomic mass is 15.4. The van der Waals surface area contributed by atoms with Gasteiger partial charge in [-0.1, -0.05) is 0 Å². The number of nitriles is 1. The van der Waals surface area contributed by atoms with E-state index in [0.29, 0.717) is 56.5 Å². The number of rotatable bonds is 4. The van der Waals surface area contributed by atoms with E-state index in [-0.39, 0.29) is 23.4 Å². The molecule has 0 aliphatic carbocycles. The first-order valence-electron chi connectivity index (χ1n) is 11.8. The van der Waals surface area contributed by atoms with Crippen LogP contribution in [0, 0.1) is 22.7 Å². The van der Waals surface area contributed by atoms with Gasteiger partial charge >= 0.3 is 0 Å². The van der Waals surface area contributed by atoms with E-state index in [1.54, 1.807) is 6.21 Å². The zero-order valence-electron chi connectivity index (χ0n) is 19.3. The SMILES string of the molecule is CC1CCCCN1c1nc(N2C[C@H](N)C[C@H](C#N)C2)nc(N2C[C@H](N)C[C@](C)(C=[NH2+])C2)n1. The summed E-state index contributed by atoms with van der Waals surface area (Å²) in [6.45, 7) is 7.86. The molecule has 5 atom stereocenters. The van der Waals surface area contributed by atoms with Crippen LogP contribution in [-0.2, 0) is 0 Å². The number of aromatic nitrogens is 3. The van der Waals surface area contributed by atoms with Gasteiger partial charge in [-0.3, -0.25) is 5.41 Å². The topological polar surface area (TPSA) is 150 Å². The minimum absolute atomic E-state index is 0.0162.